The summed E-state index contributed by atoms with van der Waals surface area (Å²) in [6.45, 7) is 0.327. The molecule has 6 heteroatoms. The van der Waals surface area contributed by atoms with E-state index in [-0.39, 0.29) is 0 Å². The minimum absolute atomic E-state index is 0.327. The van der Waals surface area contributed by atoms with Gasteiger partial charge in [0.1, 0.15) is 18.3 Å². The van der Waals surface area contributed by atoms with Crippen LogP contribution < -0.4 is 0 Å². The molecular weight excluding hydrogens is 375 g/mol. The highest BCUT2D eigenvalue weighted by Gasteiger charge is 2.45. The molecule has 20 heavy (non-hydrogen) atoms. The molecule has 5 nitrogen and oxygen atoms in total. The van der Waals surface area contributed by atoms with Crippen LogP contribution in [0.2, 0.25) is 0 Å². The maximum atomic E-state index is 10.2. The Morgan fingerprint density at radius 2 is 1.90 bits per heavy atom. The van der Waals surface area contributed by atoms with Gasteiger partial charge in [-0.25, -0.2) is 0 Å². The number of aliphatic hydroxyl groups excluding tert-OH is 2. The third-order valence-corrected chi connectivity index (χ3v) is 4.18. The number of ether oxygens (including phenoxy) is 3. The molecule has 1 aromatic carbocycles. The average Bonchev–Trinajstić information content (AvgIpc) is 2.49. The summed E-state index contributed by atoms with van der Waals surface area (Å²) in [6.07, 6.45) is -3.85. The van der Waals surface area contributed by atoms with Crippen molar-refractivity contribution in [3.8, 4) is 0 Å². The van der Waals surface area contributed by atoms with Crippen LogP contribution in [0, 0.1) is 0 Å². The molecule has 2 rings (SSSR count). The van der Waals surface area contributed by atoms with Crippen molar-refractivity contribution >= 4 is 22.6 Å². The van der Waals surface area contributed by atoms with E-state index in [2.05, 4.69) is 22.6 Å². The number of rotatable bonds is 5. The van der Waals surface area contributed by atoms with Crippen LogP contribution in [0.15, 0.2) is 30.3 Å². The molecule has 112 valence electrons. The summed E-state index contributed by atoms with van der Waals surface area (Å²) in [5, 5.41) is 20.2. The van der Waals surface area contributed by atoms with Crippen molar-refractivity contribution in [1.82, 2.24) is 0 Å². The normalized spacial score (nSPS) is 34.1. The van der Waals surface area contributed by atoms with Gasteiger partial charge in [0.05, 0.1) is 12.7 Å². The summed E-state index contributed by atoms with van der Waals surface area (Å²) in [7, 11) is 1.50. The van der Waals surface area contributed by atoms with E-state index in [1.165, 1.54) is 7.11 Å². The van der Waals surface area contributed by atoms with Gasteiger partial charge >= 0.3 is 0 Å². The molecule has 1 saturated heterocycles. The van der Waals surface area contributed by atoms with E-state index in [1.807, 2.05) is 30.3 Å². The predicted octanol–water partition coefficient (Wildman–Crippen LogP) is 1.10. The standard InChI is InChI=1S/C14H19IO5/c1-18-14-13(12(17)11(16)10(7-15)20-14)19-8-9-5-3-2-4-6-9/h2-6,10-14,16-17H,7-8H2,1H3/t10-,11?,12+,13+,14+/m1/s1. The quantitative estimate of drug-likeness (QED) is 0.579. The van der Waals surface area contributed by atoms with Gasteiger partial charge in [-0.1, -0.05) is 52.9 Å². The van der Waals surface area contributed by atoms with Gasteiger partial charge in [-0.2, -0.15) is 0 Å². The fraction of sp³-hybridized carbons (Fsp3) is 0.571. The molecule has 0 radical (unpaired) electrons. The Kier molecular flexibility index (Phi) is 6.19. The molecule has 1 heterocycles. The Balaban J connectivity index is 2.01. The monoisotopic (exact) mass is 394 g/mol. The van der Waals surface area contributed by atoms with Crippen LogP contribution in [-0.4, -0.2) is 52.5 Å². The molecule has 0 amide bonds. The van der Waals surface area contributed by atoms with Gasteiger partial charge < -0.3 is 24.4 Å². The molecule has 5 atom stereocenters. The van der Waals surface area contributed by atoms with Crippen molar-refractivity contribution in [2.75, 3.05) is 11.5 Å². The summed E-state index contributed by atoms with van der Waals surface area (Å²) in [6, 6.07) is 9.63. The highest BCUT2D eigenvalue weighted by molar-refractivity contribution is 14.1. The van der Waals surface area contributed by atoms with Crippen LogP contribution >= 0.6 is 22.6 Å². The number of hydrogen-bond donors (Lipinski definition) is 2. The van der Waals surface area contributed by atoms with E-state index in [4.69, 9.17) is 14.2 Å². The second kappa shape index (κ2) is 7.67. The van der Waals surface area contributed by atoms with E-state index < -0.39 is 30.7 Å². The maximum Gasteiger partial charge on any atom is 0.186 e. The number of hydrogen-bond acceptors (Lipinski definition) is 5. The van der Waals surface area contributed by atoms with E-state index in [0.717, 1.165) is 5.56 Å². The molecule has 0 spiro atoms. The Morgan fingerprint density at radius 1 is 1.20 bits per heavy atom. The van der Waals surface area contributed by atoms with Gasteiger partial charge in [0.2, 0.25) is 0 Å². The van der Waals surface area contributed by atoms with Gasteiger partial charge in [0.15, 0.2) is 6.29 Å². The van der Waals surface area contributed by atoms with Crippen LogP contribution in [-0.2, 0) is 20.8 Å². The van der Waals surface area contributed by atoms with Gasteiger partial charge in [-0.05, 0) is 5.56 Å². The Labute approximate surface area is 132 Å². The third kappa shape index (κ3) is 3.69. The average molecular weight is 394 g/mol. The lowest BCUT2D eigenvalue weighted by Gasteiger charge is -2.41. The summed E-state index contributed by atoms with van der Waals surface area (Å²) >= 11 is 2.10. The third-order valence-electron chi connectivity index (χ3n) is 3.31. The first-order valence-corrected chi connectivity index (χ1v) is 7.95. The largest absolute Gasteiger partial charge is 0.388 e. The first-order valence-electron chi connectivity index (χ1n) is 6.43. The summed E-state index contributed by atoms with van der Waals surface area (Å²) in [5.41, 5.74) is 0.986. The van der Waals surface area contributed by atoms with Crippen molar-refractivity contribution in [3.63, 3.8) is 0 Å². The molecule has 1 aliphatic heterocycles. The second-order valence-electron chi connectivity index (χ2n) is 4.68. The number of methoxy groups -OCH3 is 1. The van der Waals surface area contributed by atoms with E-state index in [9.17, 15) is 10.2 Å². The number of halogens is 1. The topological polar surface area (TPSA) is 68.2 Å². The van der Waals surface area contributed by atoms with Crippen LogP contribution in [0.4, 0.5) is 0 Å². The second-order valence-corrected chi connectivity index (χ2v) is 5.56. The first kappa shape index (κ1) is 16.1. The van der Waals surface area contributed by atoms with Crippen LogP contribution in [0.25, 0.3) is 0 Å². The maximum absolute atomic E-state index is 10.2. The first-order chi connectivity index (χ1) is 9.67. The van der Waals surface area contributed by atoms with Crippen molar-refractivity contribution in [1.29, 1.82) is 0 Å². The smallest absolute Gasteiger partial charge is 0.186 e. The summed E-state index contributed by atoms with van der Waals surface area (Å²) in [5.74, 6) is 0. The Morgan fingerprint density at radius 3 is 2.50 bits per heavy atom. The lowest BCUT2D eigenvalue weighted by molar-refractivity contribution is -0.296. The molecule has 1 aliphatic rings. The lowest BCUT2D eigenvalue weighted by atomic mass is 10.00. The highest BCUT2D eigenvalue weighted by atomic mass is 127. The minimum atomic E-state index is -1.03. The molecule has 1 fully saturated rings. The number of alkyl halides is 1. The molecule has 0 bridgehead atoms. The van der Waals surface area contributed by atoms with Crippen molar-refractivity contribution in [2.24, 2.45) is 0 Å². The SMILES string of the molecule is CO[C@H]1O[C@H](CI)C(O)[C@H](O)[C@@H]1OCc1ccccc1. The Bertz CT molecular complexity index is 400. The summed E-state index contributed by atoms with van der Waals surface area (Å²) in [4.78, 5) is 0. The molecule has 0 aromatic heterocycles. The van der Waals surface area contributed by atoms with Crippen molar-refractivity contribution < 1.29 is 24.4 Å². The van der Waals surface area contributed by atoms with Crippen molar-refractivity contribution in [2.45, 2.75) is 37.3 Å². The van der Waals surface area contributed by atoms with Crippen LogP contribution in [0.1, 0.15) is 5.56 Å². The molecule has 2 N–H and O–H groups in total. The molecule has 0 saturated carbocycles. The predicted molar refractivity (Wildman–Crippen MR) is 81.6 cm³/mol. The highest BCUT2D eigenvalue weighted by Crippen LogP contribution is 2.26. The van der Waals surface area contributed by atoms with Gasteiger partial charge in [-0.15, -0.1) is 0 Å². The van der Waals surface area contributed by atoms with E-state index in [1.54, 1.807) is 0 Å². The molecule has 1 unspecified atom stereocenters. The fourth-order valence-corrected chi connectivity index (χ4v) is 2.90. The number of aliphatic hydroxyl groups is 2. The molecule has 1 aromatic rings. The molecular formula is C14H19IO5. The van der Waals surface area contributed by atoms with Crippen molar-refractivity contribution in [3.05, 3.63) is 35.9 Å². The lowest BCUT2D eigenvalue weighted by Crippen LogP contribution is -2.59. The zero-order chi connectivity index (χ0) is 14.5. The van der Waals surface area contributed by atoms with Gasteiger partial charge in [-0.3, -0.25) is 0 Å². The van der Waals surface area contributed by atoms with E-state index >= 15 is 0 Å². The molecule has 0 aliphatic carbocycles. The zero-order valence-corrected chi connectivity index (χ0v) is 13.3. The van der Waals surface area contributed by atoms with E-state index in [0.29, 0.717) is 11.0 Å². The summed E-state index contributed by atoms with van der Waals surface area (Å²) < 4.78 is 17.1. The van der Waals surface area contributed by atoms with Gasteiger partial charge in [0.25, 0.3) is 0 Å². The fourth-order valence-electron chi connectivity index (χ4n) is 2.17. The Hall–Kier alpha value is -0.250. The zero-order valence-electron chi connectivity index (χ0n) is 11.2. The van der Waals surface area contributed by atoms with Crippen LogP contribution in [0.5, 0.6) is 0 Å². The minimum Gasteiger partial charge on any atom is -0.388 e. The van der Waals surface area contributed by atoms with Crippen LogP contribution in [0.3, 0.4) is 0 Å². The van der Waals surface area contributed by atoms with Gasteiger partial charge in [0, 0.05) is 11.5 Å². The number of benzene rings is 1.